The summed E-state index contributed by atoms with van der Waals surface area (Å²) in [6, 6.07) is 11.1. The average molecular weight is 550 g/mol. The molecule has 0 fully saturated rings. The standard InChI is InChI=1S/C31H44FNO4.ClH/c1-7-8-9-29(34)37-31(16-14-24-21-25(32)11-12-26(24)30(31)22(2)3)17-19-33(4)18-15-23-10-13-27(35-5)28(20-23)36-6;/h10-13,20-22,30H,7-9,14-19H2,1-6H3;1H/t30-,31-;/m1./s1. The highest BCUT2D eigenvalue weighted by atomic mass is 35.5. The summed E-state index contributed by atoms with van der Waals surface area (Å²) < 4.78 is 31.2. The van der Waals surface area contributed by atoms with Crippen LogP contribution in [0.1, 0.15) is 75.5 Å². The summed E-state index contributed by atoms with van der Waals surface area (Å²) in [4.78, 5) is 15.3. The van der Waals surface area contributed by atoms with Gasteiger partial charge >= 0.3 is 5.97 Å². The van der Waals surface area contributed by atoms with Crippen LogP contribution in [0.25, 0.3) is 0 Å². The molecule has 0 aromatic heterocycles. The van der Waals surface area contributed by atoms with Gasteiger partial charge in [-0.3, -0.25) is 4.79 Å². The summed E-state index contributed by atoms with van der Waals surface area (Å²) in [6.45, 7) is 8.10. The van der Waals surface area contributed by atoms with E-state index in [9.17, 15) is 9.18 Å². The number of esters is 1. The van der Waals surface area contributed by atoms with Crippen LogP contribution < -0.4 is 9.47 Å². The summed E-state index contributed by atoms with van der Waals surface area (Å²) in [5.41, 5.74) is 2.75. The molecule has 2 atom stereocenters. The van der Waals surface area contributed by atoms with Gasteiger partial charge in [0.15, 0.2) is 11.5 Å². The van der Waals surface area contributed by atoms with Crippen LogP contribution in [0.3, 0.4) is 0 Å². The number of methoxy groups -OCH3 is 2. The Morgan fingerprint density at radius 1 is 1.11 bits per heavy atom. The molecule has 1 aliphatic carbocycles. The van der Waals surface area contributed by atoms with Crippen molar-refractivity contribution in [1.29, 1.82) is 0 Å². The number of likely N-dealkylation sites (N-methyl/N-ethyl adjacent to an activating group) is 1. The van der Waals surface area contributed by atoms with Crippen molar-refractivity contribution in [2.45, 2.75) is 77.2 Å². The first kappa shape index (κ1) is 31.9. The minimum atomic E-state index is -0.596. The largest absolute Gasteiger partial charge is 0.493 e. The Bertz CT molecular complexity index is 1050. The summed E-state index contributed by atoms with van der Waals surface area (Å²) in [6.07, 6.45) is 5.27. The van der Waals surface area contributed by atoms with Crippen LogP contribution in [-0.2, 0) is 22.4 Å². The molecule has 0 N–H and O–H groups in total. The van der Waals surface area contributed by atoms with E-state index in [2.05, 4.69) is 38.8 Å². The number of nitrogens with zero attached hydrogens (tertiary/aromatic N) is 1. The van der Waals surface area contributed by atoms with Crippen molar-refractivity contribution in [3.05, 3.63) is 58.9 Å². The zero-order valence-electron chi connectivity index (χ0n) is 23.8. The van der Waals surface area contributed by atoms with Gasteiger partial charge in [0, 0.05) is 31.8 Å². The summed E-state index contributed by atoms with van der Waals surface area (Å²) in [5.74, 6) is 1.41. The van der Waals surface area contributed by atoms with Crippen LogP contribution in [0.5, 0.6) is 11.5 Å². The second kappa shape index (κ2) is 14.7. The van der Waals surface area contributed by atoms with Gasteiger partial charge in [-0.2, -0.15) is 0 Å². The van der Waals surface area contributed by atoms with Gasteiger partial charge in [0.1, 0.15) is 11.4 Å². The highest BCUT2D eigenvalue weighted by molar-refractivity contribution is 5.85. The summed E-state index contributed by atoms with van der Waals surface area (Å²) in [5, 5.41) is 0. The molecular weight excluding hydrogens is 505 g/mol. The first-order valence-corrected chi connectivity index (χ1v) is 13.6. The normalized spacial score (nSPS) is 18.6. The molecule has 0 saturated carbocycles. The number of rotatable bonds is 13. The van der Waals surface area contributed by atoms with Crippen LogP contribution in [-0.4, -0.2) is 50.8 Å². The van der Waals surface area contributed by atoms with E-state index in [4.69, 9.17) is 14.2 Å². The molecule has 7 heteroatoms. The second-order valence-corrected chi connectivity index (χ2v) is 10.7. The second-order valence-electron chi connectivity index (χ2n) is 10.7. The maximum atomic E-state index is 14.0. The molecule has 2 aromatic carbocycles. The van der Waals surface area contributed by atoms with Gasteiger partial charge in [0.25, 0.3) is 0 Å². The molecule has 0 spiro atoms. The number of carbonyl (C=O) groups is 1. The van der Waals surface area contributed by atoms with E-state index in [1.54, 1.807) is 26.4 Å². The lowest BCUT2D eigenvalue weighted by Crippen LogP contribution is -2.48. The molecular formula is C31H45ClFNO4. The van der Waals surface area contributed by atoms with Gasteiger partial charge in [-0.15, -0.1) is 12.4 Å². The van der Waals surface area contributed by atoms with Crippen molar-refractivity contribution in [3.8, 4) is 11.5 Å². The molecule has 0 aliphatic heterocycles. The van der Waals surface area contributed by atoms with Gasteiger partial charge in [0.05, 0.1) is 14.2 Å². The molecule has 3 rings (SSSR count). The van der Waals surface area contributed by atoms with Gasteiger partial charge in [-0.05, 0) is 79.6 Å². The minimum Gasteiger partial charge on any atom is -0.493 e. The number of halogens is 2. The molecule has 212 valence electrons. The third kappa shape index (κ3) is 7.86. The first-order valence-electron chi connectivity index (χ1n) is 13.6. The molecule has 0 heterocycles. The van der Waals surface area contributed by atoms with Crippen LogP contribution >= 0.6 is 12.4 Å². The maximum Gasteiger partial charge on any atom is 0.306 e. The Balaban J connectivity index is 0.00000507. The SMILES string of the molecule is CCCCC(=O)O[C@@]1(CCN(C)CCc2ccc(OC)c(OC)c2)CCc2cc(F)ccc2[C@H]1C(C)C.Cl. The number of aryl methyl sites for hydroxylation is 1. The Labute approximate surface area is 234 Å². The third-order valence-electron chi connectivity index (χ3n) is 7.69. The molecule has 0 unspecified atom stereocenters. The van der Waals surface area contributed by atoms with Gasteiger partial charge < -0.3 is 19.1 Å². The van der Waals surface area contributed by atoms with Crippen molar-refractivity contribution in [2.24, 2.45) is 5.92 Å². The summed E-state index contributed by atoms with van der Waals surface area (Å²) >= 11 is 0. The predicted molar refractivity (Wildman–Crippen MR) is 153 cm³/mol. The quantitative estimate of drug-likeness (QED) is 0.252. The molecule has 38 heavy (non-hydrogen) atoms. The van der Waals surface area contributed by atoms with Crippen LogP contribution in [0, 0.1) is 11.7 Å². The molecule has 0 saturated heterocycles. The van der Waals surface area contributed by atoms with E-state index in [1.807, 2.05) is 18.2 Å². The smallest absolute Gasteiger partial charge is 0.306 e. The molecule has 1 aliphatic rings. The highest BCUT2D eigenvalue weighted by Gasteiger charge is 2.47. The van der Waals surface area contributed by atoms with E-state index in [1.165, 1.54) is 5.56 Å². The lowest BCUT2D eigenvalue weighted by molar-refractivity contribution is -0.167. The number of carbonyl (C=O) groups excluding carboxylic acids is 1. The Hall–Kier alpha value is -2.31. The number of benzene rings is 2. The van der Waals surface area contributed by atoms with Gasteiger partial charge in [-0.1, -0.05) is 39.3 Å². The van der Waals surface area contributed by atoms with Gasteiger partial charge in [-0.25, -0.2) is 4.39 Å². The van der Waals surface area contributed by atoms with E-state index < -0.39 is 5.60 Å². The highest BCUT2D eigenvalue weighted by Crippen LogP contribution is 2.48. The van der Waals surface area contributed by atoms with Crippen molar-refractivity contribution < 1.29 is 23.4 Å². The van der Waals surface area contributed by atoms with Crippen molar-refractivity contribution >= 4 is 18.4 Å². The van der Waals surface area contributed by atoms with E-state index in [0.717, 1.165) is 61.4 Å². The molecule has 2 aromatic rings. The van der Waals surface area contributed by atoms with Crippen LogP contribution in [0.4, 0.5) is 4.39 Å². The summed E-state index contributed by atoms with van der Waals surface area (Å²) in [7, 11) is 5.40. The number of hydrogen-bond donors (Lipinski definition) is 0. The minimum absolute atomic E-state index is 0. The average Bonchev–Trinajstić information content (AvgIpc) is 2.89. The zero-order chi connectivity index (χ0) is 27.0. The van der Waals surface area contributed by atoms with E-state index in [-0.39, 0.29) is 36.0 Å². The van der Waals surface area contributed by atoms with E-state index in [0.29, 0.717) is 19.3 Å². The number of ether oxygens (including phenoxy) is 3. The topological polar surface area (TPSA) is 48.0 Å². The number of unbranched alkanes of at least 4 members (excludes halogenated alkanes) is 1. The van der Waals surface area contributed by atoms with Crippen molar-refractivity contribution in [2.75, 3.05) is 34.4 Å². The zero-order valence-corrected chi connectivity index (χ0v) is 24.7. The fourth-order valence-corrected chi connectivity index (χ4v) is 5.74. The van der Waals surface area contributed by atoms with Crippen LogP contribution in [0.15, 0.2) is 36.4 Å². The number of hydrogen-bond acceptors (Lipinski definition) is 5. The van der Waals surface area contributed by atoms with Crippen molar-refractivity contribution in [3.63, 3.8) is 0 Å². The number of fused-ring (bicyclic) bond motifs is 1. The Morgan fingerprint density at radius 3 is 2.50 bits per heavy atom. The fourth-order valence-electron chi connectivity index (χ4n) is 5.74. The Morgan fingerprint density at radius 2 is 1.84 bits per heavy atom. The first-order chi connectivity index (χ1) is 17.7. The lowest BCUT2D eigenvalue weighted by Gasteiger charge is -2.47. The lowest BCUT2D eigenvalue weighted by atomic mass is 9.65. The van der Waals surface area contributed by atoms with Crippen LogP contribution in [0.2, 0.25) is 0 Å². The van der Waals surface area contributed by atoms with E-state index >= 15 is 0 Å². The maximum absolute atomic E-state index is 14.0. The Kier molecular flexibility index (Phi) is 12.4. The molecule has 0 amide bonds. The van der Waals surface area contributed by atoms with Crippen molar-refractivity contribution in [1.82, 2.24) is 4.90 Å². The monoisotopic (exact) mass is 549 g/mol. The van der Waals surface area contributed by atoms with Gasteiger partial charge in [0.2, 0.25) is 0 Å². The fraction of sp³-hybridized carbons (Fsp3) is 0.581. The molecule has 5 nitrogen and oxygen atoms in total. The molecule has 0 bridgehead atoms. The third-order valence-corrected chi connectivity index (χ3v) is 7.69. The molecule has 0 radical (unpaired) electrons. The predicted octanol–water partition coefficient (Wildman–Crippen LogP) is 6.99.